The standard InChI is InChI=1S/C22H24ClN3O/c1-15-4-6-16(7-5-15)22(27)25-17-8-10-18(11-9-17)26(3)19-12-13-21(24-2)20(23)14-19/h4-7,12-14,17-18H,8-11H2,1,3H3,(H,25,27). The van der Waals surface area contributed by atoms with Gasteiger partial charge in [-0.2, -0.15) is 0 Å². The van der Waals surface area contributed by atoms with E-state index in [0.29, 0.717) is 16.8 Å². The number of aryl methyl sites for hydroxylation is 1. The molecule has 5 heteroatoms. The molecule has 0 heterocycles. The van der Waals surface area contributed by atoms with Crippen molar-refractivity contribution in [3.8, 4) is 0 Å². The molecular formula is C22H24ClN3O. The van der Waals surface area contributed by atoms with Gasteiger partial charge in [0.2, 0.25) is 5.69 Å². The second-order valence-corrected chi connectivity index (χ2v) is 7.61. The Morgan fingerprint density at radius 1 is 1.15 bits per heavy atom. The van der Waals surface area contributed by atoms with Crippen LogP contribution in [0.2, 0.25) is 5.02 Å². The van der Waals surface area contributed by atoms with Gasteiger partial charge < -0.3 is 10.2 Å². The smallest absolute Gasteiger partial charge is 0.251 e. The zero-order valence-corrected chi connectivity index (χ0v) is 16.5. The minimum absolute atomic E-state index is 0.00770. The Labute approximate surface area is 166 Å². The third-order valence-electron chi connectivity index (χ3n) is 5.35. The van der Waals surface area contributed by atoms with Gasteiger partial charge in [-0.25, -0.2) is 4.85 Å². The van der Waals surface area contributed by atoms with Crippen LogP contribution in [0.1, 0.15) is 41.6 Å². The molecule has 1 aliphatic rings. The van der Waals surface area contributed by atoms with Crippen LogP contribution in [0.15, 0.2) is 42.5 Å². The van der Waals surface area contributed by atoms with Gasteiger partial charge in [0.25, 0.3) is 5.91 Å². The molecule has 140 valence electrons. The summed E-state index contributed by atoms with van der Waals surface area (Å²) in [6.07, 6.45) is 3.94. The quantitative estimate of drug-likeness (QED) is 0.722. The summed E-state index contributed by atoms with van der Waals surface area (Å²) >= 11 is 6.17. The highest BCUT2D eigenvalue weighted by molar-refractivity contribution is 6.33. The molecule has 0 bridgehead atoms. The summed E-state index contributed by atoms with van der Waals surface area (Å²) in [5.41, 5.74) is 3.38. The third-order valence-corrected chi connectivity index (χ3v) is 5.66. The fourth-order valence-electron chi connectivity index (χ4n) is 3.60. The largest absolute Gasteiger partial charge is 0.372 e. The highest BCUT2D eigenvalue weighted by atomic mass is 35.5. The van der Waals surface area contributed by atoms with E-state index in [0.717, 1.165) is 42.5 Å². The lowest BCUT2D eigenvalue weighted by atomic mass is 9.90. The molecular weight excluding hydrogens is 358 g/mol. The van der Waals surface area contributed by atoms with Crippen molar-refractivity contribution in [2.45, 2.75) is 44.7 Å². The Hall–Kier alpha value is -2.51. The first-order valence-corrected chi connectivity index (χ1v) is 9.63. The van der Waals surface area contributed by atoms with Crippen molar-refractivity contribution in [3.05, 3.63) is 70.0 Å². The maximum atomic E-state index is 12.4. The number of hydrogen-bond acceptors (Lipinski definition) is 2. The number of benzene rings is 2. The monoisotopic (exact) mass is 381 g/mol. The van der Waals surface area contributed by atoms with Crippen molar-refractivity contribution < 1.29 is 4.79 Å². The fraction of sp³-hybridized carbons (Fsp3) is 0.364. The van der Waals surface area contributed by atoms with Crippen LogP contribution in [0.25, 0.3) is 4.85 Å². The summed E-state index contributed by atoms with van der Waals surface area (Å²) in [6.45, 7) is 9.12. The minimum Gasteiger partial charge on any atom is -0.372 e. The molecule has 27 heavy (non-hydrogen) atoms. The number of carbonyl (C=O) groups excluding carboxylic acids is 1. The van der Waals surface area contributed by atoms with E-state index in [1.54, 1.807) is 6.07 Å². The molecule has 2 aromatic carbocycles. The first-order chi connectivity index (χ1) is 13.0. The van der Waals surface area contributed by atoms with Gasteiger partial charge in [0, 0.05) is 35.4 Å². The molecule has 1 saturated carbocycles. The van der Waals surface area contributed by atoms with Crippen LogP contribution in [0.4, 0.5) is 11.4 Å². The summed E-state index contributed by atoms with van der Waals surface area (Å²) < 4.78 is 0. The summed E-state index contributed by atoms with van der Waals surface area (Å²) in [5, 5.41) is 3.66. The minimum atomic E-state index is 0.00770. The summed E-state index contributed by atoms with van der Waals surface area (Å²) in [5.74, 6) is 0.00770. The van der Waals surface area contributed by atoms with E-state index in [-0.39, 0.29) is 11.9 Å². The molecule has 0 aromatic heterocycles. The van der Waals surface area contributed by atoms with Gasteiger partial charge in [-0.15, -0.1) is 0 Å². The van der Waals surface area contributed by atoms with Crippen LogP contribution < -0.4 is 10.2 Å². The number of nitrogens with one attached hydrogen (secondary N) is 1. The Kier molecular flexibility index (Phi) is 6.03. The third kappa shape index (κ3) is 4.61. The van der Waals surface area contributed by atoms with Gasteiger partial charge in [-0.1, -0.05) is 35.4 Å². The molecule has 2 aromatic rings. The summed E-state index contributed by atoms with van der Waals surface area (Å²) in [6, 6.07) is 13.9. The highest BCUT2D eigenvalue weighted by Gasteiger charge is 2.25. The second-order valence-electron chi connectivity index (χ2n) is 7.20. The first kappa shape index (κ1) is 19.3. The molecule has 0 radical (unpaired) electrons. The van der Waals surface area contributed by atoms with Crippen molar-refractivity contribution in [2.75, 3.05) is 11.9 Å². The molecule has 3 rings (SSSR count). The van der Waals surface area contributed by atoms with Gasteiger partial charge in [0.1, 0.15) is 0 Å². The van der Waals surface area contributed by atoms with Crippen LogP contribution in [0.5, 0.6) is 0 Å². The number of anilines is 1. The molecule has 0 atom stereocenters. The van der Waals surface area contributed by atoms with Crippen LogP contribution in [-0.4, -0.2) is 25.0 Å². The second kappa shape index (κ2) is 8.45. The summed E-state index contributed by atoms with van der Waals surface area (Å²) in [4.78, 5) is 18.0. The van der Waals surface area contributed by atoms with E-state index in [1.165, 1.54) is 0 Å². The lowest BCUT2D eigenvalue weighted by molar-refractivity contribution is 0.0926. The molecule has 0 unspecified atom stereocenters. The summed E-state index contributed by atoms with van der Waals surface area (Å²) in [7, 11) is 2.07. The fourth-order valence-corrected chi connectivity index (χ4v) is 3.81. The van der Waals surface area contributed by atoms with Crippen LogP contribution in [0, 0.1) is 13.5 Å². The van der Waals surface area contributed by atoms with Crippen molar-refractivity contribution >= 4 is 28.9 Å². The van der Waals surface area contributed by atoms with E-state index in [4.69, 9.17) is 18.2 Å². The van der Waals surface area contributed by atoms with E-state index in [1.807, 2.05) is 43.3 Å². The normalized spacial score (nSPS) is 19.2. The van der Waals surface area contributed by atoms with Gasteiger partial charge in [0.15, 0.2) is 0 Å². The van der Waals surface area contributed by atoms with E-state index in [2.05, 4.69) is 22.1 Å². The SMILES string of the molecule is [C-]#[N+]c1ccc(N(C)C2CCC(NC(=O)c3ccc(C)cc3)CC2)cc1Cl. The van der Waals surface area contributed by atoms with E-state index < -0.39 is 0 Å². The molecule has 0 aliphatic heterocycles. The number of hydrogen-bond donors (Lipinski definition) is 1. The molecule has 1 N–H and O–H groups in total. The molecule has 4 nitrogen and oxygen atoms in total. The Bertz CT molecular complexity index is 849. The molecule has 0 spiro atoms. The number of amides is 1. The Morgan fingerprint density at radius 3 is 2.41 bits per heavy atom. The lowest BCUT2D eigenvalue weighted by Gasteiger charge is -2.36. The van der Waals surface area contributed by atoms with E-state index >= 15 is 0 Å². The Morgan fingerprint density at radius 2 is 1.81 bits per heavy atom. The van der Waals surface area contributed by atoms with Gasteiger partial charge in [-0.05, 0) is 56.9 Å². The van der Waals surface area contributed by atoms with Crippen molar-refractivity contribution in [3.63, 3.8) is 0 Å². The van der Waals surface area contributed by atoms with Crippen LogP contribution in [0.3, 0.4) is 0 Å². The predicted molar refractivity (Wildman–Crippen MR) is 111 cm³/mol. The highest BCUT2D eigenvalue weighted by Crippen LogP contribution is 2.32. The molecule has 1 fully saturated rings. The van der Waals surface area contributed by atoms with Crippen molar-refractivity contribution in [1.82, 2.24) is 5.32 Å². The van der Waals surface area contributed by atoms with E-state index in [9.17, 15) is 4.79 Å². The van der Waals surface area contributed by atoms with Gasteiger partial charge >= 0.3 is 0 Å². The average molecular weight is 382 g/mol. The Balaban J connectivity index is 1.55. The zero-order chi connectivity index (χ0) is 19.4. The van der Waals surface area contributed by atoms with Gasteiger partial charge in [-0.3, -0.25) is 4.79 Å². The number of rotatable bonds is 4. The maximum absolute atomic E-state index is 12.4. The lowest BCUT2D eigenvalue weighted by Crippen LogP contribution is -2.42. The number of carbonyl (C=O) groups is 1. The van der Waals surface area contributed by atoms with Crippen molar-refractivity contribution in [2.24, 2.45) is 0 Å². The molecule has 1 amide bonds. The first-order valence-electron chi connectivity index (χ1n) is 9.25. The van der Waals surface area contributed by atoms with Crippen molar-refractivity contribution in [1.29, 1.82) is 0 Å². The zero-order valence-electron chi connectivity index (χ0n) is 15.7. The van der Waals surface area contributed by atoms with Crippen LogP contribution >= 0.6 is 11.6 Å². The molecule has 0 saturated heterocycles. The van der Waals surface area contributed by atoms with Gasteiger partial charge in [0.05, 0.1) is 6.57 Å². The maximum Gasteiger partial charge on any atom is 0.251 e. The topological polar surface area (TPSA) is 36.7 Å². The number of nitrogens with zero attached hydrogens (tertiary/aromatic N) is 2. The van der Waals surface area contributed by atoms with Crippen LogP contribution in [-0.2, 0) is 0 Å². The predicted octanol–water partition coefficient (Wildman–Crippen LogP) is 5.38. The molecule has 1 aliphatic carbocycles. The average Bonchev–Trinajstić information content (AvgIpc) is 2.68. The number of halogens is 1.